The van der Waals surface area contributed by atoms with Crippen LogP contribution in [0.15, 0.2) is 0 Å². The van der Waals surface area contributed by atoms with E-state index in [4.69, 9.17) is 9.84 Å². The summed E-state index contributed by atoms with van der Waals surface area (Å²) < 4.78 is 4.96. The van der Waals surface area contributed by atoms with Crippen molar-refractivity contribution in [3.63, 3.8) is 0 Å². The predicted molar refractivity (Wildman–Crippen MR) is 68.7 cm³/mol. The number of carbonyl (C=O) groups excluding carboxylic acids is 2. The lowest BCUT2D eigenvalue weighted by Crippen LogP contribution is -2.41. The molecule has 3 N–H and O–H groups in total. The first kappa shape index (κ1) is 17.2. The third kappa shape index (κ3) is 11.1. The molecule has 0 radical (unpaired) electrons. The standard InChI is InChI=1S/C12H22N2O5/c1-8(2)19-11(17)5-4-9(3)14-12(18)13-7-6-10(15)16/h8-9H,4-7H2,1-3H3,(H,15,16)(H2,13,14,18). The molecular weight excluding hydrogens is 252 g/mol. The number of carbonyl (C=O) groups is 3. The van der Waals surface area contributed by atoms with E-state index in [9.17, 15) is 14.4 Å². The smallest absolute Gasteiger partial charge is 0.315 e. The van der Waals surface area contributed by atoms with E-state index in [0.29, 0.717) is 6.42 Å². The Morgan fingerprint density at radius 2 is 1.79 bits per heavy atom. The molecule has 110 valence electrons. The van der Waals surface area contributed by atoms with Gasteiger partial charge in [0.25, 0.3) is 0 Å². The molecule has 0 spiro atoms. The Balaban J connectivity index is 3.73. The normalized spacial score (nSPS) is 11.8. The number of carboxylic acids is 1. The summed E-state index contributed by atoms with van der Waals surface area (Å²) in [5, 5.41) is 13.4. The third-order valence-corrected chi connectivity index (χ3v) is 2.15. The van der Waals surface area contributed by atoms with Crippen LogP contribution in [0.5, 0.6) is 0 Å². The molecule has 19 heavy (non-hydrogen) atoms. The molecule has 0 aliphatic heterocycles. The second-order valence-corrected chi connectivity index (χ2v) is 4.52. The van der Waals surface area contributed by atoms with Crippen LogP contribution in [-0.4, -0.2) is 41.8 Å². The molecule has 0 aliphatic carbocycles. The average Bonchev–Trinajstić information content (AvgIpc) is 2.24. The fraction of sp³-hybridized carbons (Fsp3) is 0.750. The lowest BCUT2D eigenvalue weighted by molar-refractivity contribution is -0.147. The Morgan fingerprint density at radius 1 is 1.16 bits per heavy atom. The molecule has 2 amide bonds. The zero-order chi connectivity index (χ0) is 14.8. The molecule has 0 aromatic rings. The maximum atomic E-state index is 11.3. The minimum absolute atomic E-state index is 0.0727. The molecule has 1 atom stereocenters. The van der Waals surface area contributed by atoms with Crippen LogP contribution in [-0.2, 0) is 14.3 Å². The number of nitrogens with one attached hydrogen (secondary N) is 2. The van der Waals surface area contributed by atoms with Gasteiger partial charge in [0.15, 0.2) is 0 Å². The summed E-state index contributed by atoms with van der Waals surface area (Å²) in [5.41, 5.74) is 0. The molecule has 7 heteroatoms. The van der Waals surface area contributed by atoms with E-state index in [2.05, 4.69) is 10.6 Å². The van der Waals surface area contributed by atoms with E-state index in [0.717, 1.165) is 0 Å². The molecule has 1 unspecified atom stereocenters. The first-order valence-electron chi connectivity index (χ1n) is 6.27. The van der Waals surface area contributed by atoms with Crippen LogP contribution in [0, 0.1) is 0 Å². The molecule has 7 nitrogen and oxygen atoms in total. The topological polar surface area (TPSA) is 105 Å². The Hall–Kier alpha value is -1.79. The number of carboxylic acid groups (broad SMARTS) is 1. The summed E-state index contributed by atoms with van der Waals surface area (Å²) in [6.07, 6.45) is 0.435. The molecule has 0 fully saturated rings. The van der Waals surface area contributed by atoms with Gasteiger partial charge in [-0.05, 0) is 27.2 Å². The van der Waals surface area contributed by atoms with Crippen molar-refractivity contribution in [1.29, 1.82) is 0 Å². The third-order valence-electron chi connectivity index (χ3n) is 2.15. The Morgan fingerprint density at radius 3 is 2.32 bits per heavy atom. The highest BCUT2D eigenvalue weighted by molar-refractivity contribution is 5.75. The van der Waals surface area contributed by atoms with Gasteiger partial charge in [0.1, 0.15) is 0 Å². The van der Waals surface area contributed by atoms with Gasteiger partial charge < -0.3 is 20.5 Å². The van der Waals surface area contributed by atoms with Gasteiger partial charge in [-0.1, -0.05) is 0 Å². The number of esters is 1. The van der Waals surface area contributed by atoms with Gasteiger partial charge in [-0.15, -0.1) is 0 Å². The lowest BCUT2D eigenvalue weighted by atomic mass is 10.2. The van der Waals surface area contributed by atoms with Crippen LogP contribution in [0.3, 0.4) is 0 Å². The zero-order valence-electron chi connectivity index (χ0n) is 11.6. The number of urea groups is 1. The van der Waals surface area contributed by atoms with Crippen molar-refractivity contribution in [2.45, 2.75) is 52.2 Å². The quantitative estimate of drug-likeness (QED) is 0.570. The molecule has 0 rings (SSSR count). The summed E-state index contributed by atoms with van der Waals surface area (Å²) in [4.78, 5) is 32.8. The molecule has 0 aromatic heterocycles. The van der Waals surface area contributed by atoms with Gasteiger partial charge in [0, 0.05) is 19.0 Å². The van der Waals surface area contributed by atoms with Gasteiger partial charge >= 0.3 is 18.0 Å². The number of hydrogen-bond acceptors (Lipinski definition) is 4. The van der Waals surface area contributed by atoms with Gasteiger partial charge in [-0.3, -0.25) is 9.59 Å². The van der Waals surface area contributed by atoms with Gasteiger partial charge in [0.2, 0.25) is 0 Å². The number of hydrogen-bond donors (Lipinski definition) is 3. The number of amides is 2. The SMILES string of the molecule is CC(CCC(=O)OC(C)C)NC(=O)NCCC(=O)O. The lowest BCUT2D eigenvalue weighted by Gasteiger charge is -2.14. The van der Waals surface area contributed by atoms with Crippen molar-refractivity contribution in [2.24, 2.45) is 0 Å². The zero-order valence-corrected chi connectivity index (χ0v) is 11.6. The van der Waals surface area contributed by atoms with E-state index < -0.39 is 12.0 Å². The largest absolute Gasteiger partial charge is 0.481 e. The highest BCUT2D eigenvalue weighted by atomic mass is 16.5. The van der Waals surface area contributed by atoms with Crippen molar-refractivity contribution in [3.05, 3.63) is 0 Å². The highest BCUT2D eigenvalue weighted by Crippen LogP contribution is 2.00. The van der Waals surface area contributed by atoms with Crippen molar-refractivity contribution >= 4 is 18.0 Å². The van der Waals surface area contributed by atoms with Crippen molar-refractivity contribution in [3.8, 4) is 0 Å². The molecular formula is C12H22N2O5. The minimum Gasteiger partial charge on any atom is -0.481 e. The van der Waals surface area contributed by atoms with Crippen LogP contribution < -0.4 is 10.6 Å². The molecule has 0 aliphatic rings. The predicted octanol–water partition coefficient (Wildman–Crippen LogP) is 0.881. The van der Waals surface area contributed by atoms with E-state index in [1.165, 1.54) is 0 Å². The molecule has 0 aromatic carbocycles. The monoisotopic (exact) mass is 274 g/mol. The summed E-state index contributed by atoms with van der Waals surface area (Å²) in [5.74, 6) is -1.26. The summed E-state index contributed by atoms with van der Waals surface area (Å²) >= 11 is 0. The second kappa shape index (κ2) is 9.18. The van der Waals surface area contributed by atoms with Crippen molar-refractivity contribution < 1.29 is 24.2 Å². The Labute approximate surface area is 112 Å². The number of aliphatic carboxylic acids is 1. The molecule has 0 bridgehead atoms. The minimum atomic E-state index is -0.968. The maximum absolute atomic E-state index is 11.3. The number of ether oxygens (including phenoxy) is 1. The van der Waals surface area contributed by atoms with Crippen LogP contribution in [0.4, 0.5) is 4.79 Å². The summed E-state index contributed by atoms with van der Waals surface area (Å²) in [7, 11) is 0. The Kier molecular flexibility index (Phi) is 8.32. The molecule has 0 saturated carbocycles. The number of rotatable bonds is 8. The fourth-order valence-electron chi connectivity index (χ4n) is 1.29. The molecule has 0 heterocycles. The van der Waals surface area contributed by atoms with E-state index in [1.54, 1.807) is 20.8 Å². The second-order valence-electron chi connectivity index (χ2n) is 4.52. The summed E-state index contributed by atoms with van der Waals surface area (Å²) in [6, 6.07) is -0.629. The van der Waals surface area contributed by atoms with Crippen LogP contribution in [0.1, 0.15) is 40.0 Å². The van der Waals surface area contributed by atoms with Gasteiger partial charge in [-0.25, -0.2) is 4.79 Å². The first-order valence-corrected chi connectivity index (χ1v) is 6.27. The fourth-order valence-corrected chi connectivity index (χ4v) is 1.29. The van der Waals surface area contributed by atoms with Crippen LogP contribution in [0.25, 0.3) is 0 Å². The molecule has 0 saturated heterocycles. The van der Waals surface area contributed by atoms with E-state index in [1.807, 2.05) is 0 Å². The maximum Gasteiger partial charge on any atom is 0.315 e. The summed E-state index contributed by atoms with van der Waals surface area (Å²) in [6.45, 7) is 5.38. The van der Waals surface area contributed by atoms with Crippen LogP contribution >= 0.6 is 0 Å². The van der Waals surface area contributed by atoms with E-state index in [-0.39, 0.29) is 37.5 Å². The van der Waals surface area contributed by atoms with Crippen molar-refractivity contribution in [1.82, 2.24) is 10.6 Å². The van der Waals surface area contributed by atoms with E-state index >= 15 is 0 Å². The van der Waals surface area contributed by atoms with Gasteiger partial charge in [0.05, 0.1) is 12.5 Å². The van der Waals surface area contributed by atoms with Gasteiger partial charge in [-0.2, -0.15) is 0 Å². The Bertz CT molecular complexity index is 317. The first-order chi connectivity index (χ1) is 8.81. The van der Waals surface area contributed by atoms with Crippen molar-refractivity contribution in [2.75, 3.05) is 6.54 Å². The average molecular weight is 274 g/mol. The van der Waals surface area contributed by atoms with Crippen LogP contribution in [0.2, 0.25) is 0 Å². The highest BCUT2D eigenvalue weighted by Gasteiger charge is 2.11.